The molecule has 0 aliphatic rings. The van der Waals surface area contributed by atoms with Crippen molar-refractivity contribution in [2.75, 3.05) is 6.61 Å². The average molecular weight is 1000 g/mol. The van der Waals surface area contributed by atoms with Crippen molar-refractivity contribution in [3.05, 3.63) is 224 Å². The van der Waals surface area contributed by atoms with E-state index in [1.54, 1.807) is 0 Å². The molecule has 0 bridgehead atoms. The molecule has 0 atom stereocenters. The van der Waals surface area contributed by atoms with E-state index in [1.165, 1.54) is 184 Å². The molecule has 0 aliphatic carbocycles. The van der Waals surface area contributed by atoms with Crippen LogP contribution in [0.15, 0.2) is 224 Å². The summed E-state index contributed by atoms with van der Waals surface area (Å²) in [5.74, 6) is 0.906. The van der Waals surface area contributed by atoms with E-state index in [-0.39, 0.29) is 0 Å². The minimum atomic E-state index is 0.690. The molecule has 0 unspecified atom stereocenters. The molecule has 0 fully saturated rings. The molecule has 0 N–H and O–H groups in total. The predicted octanol–water partition coefficient (Wildman–Crippen LogP) is 22.9. The fourth-order valence-corrected chi connectivity index (χ4v) is 12.0. The van der Waals surface area contributed by atoms with Crippen LogP contribution in [0.2, 0.25) is 0 Å². The van der Waals surface area contributed by atoms with Crippen LogP contribution in [0, 0.1) is 0 Å². The van der Waals surface area contributed by atoms with E-state index in [4.69, 9.17) is 4.74 Å². The Balaban J connectivity index is 0.953. The molecule has 0 heterocycles. The van der Waals surface area contributed by atoms with Crippen molar-refractivity contribution in [3.63, 3.8) is 0 Å². The van der Waals surface area contributed by atoms with E-state index in [9.17, 15) is 0 Å². The lowest BCUT2D eigenvalue weighted by molar-refractivity contribution is 0.304. The largest absolute Gasteiger partial charge is 0.494 e. The highest BCUT2D eigenvalue weighted by molar-refractivity contribution is 6.03. The van der Waals surface area contributed by atoms with E-state index in [2.05, 4.69) is 231 Å². The summed E-state index contributed by atoms with van der Waals surface area (Å²) in [6.45, 7) is 2.99. The monoisotopic (exact) mass is 1000 g/mol. The Morgan fingerprint density at radius 2 is 0.481 bits per heavy atom. The Hall–Kier alpha value is -7.74. The smallest absolute Gasteiger partial charge is 0.120 e. The van der Waals surface area contributed by atoms with E-state index in [0.29, 0.717) is 6.61 Å². The Morgan fingerprint density at radius 3 is 0.805 bits per heavy atom. The molecule has 0 radical (unpaired) electrons. The molecule has 11 aromatic rings. The number of hydrogen-bond donors (Lipinski definition) is 0. The first-order chi connectivity index (χ1) is 38.2. The van der Waals surface area contributed by atoms with E-state index >= 15 is 0 Å². The van der Waals surface area contributed by atoms with Crippen molar-refractivity contribution in [3.8, 4) is 72.5 Å². The fraction of sp³-hybridized carbons (Fsp3) is 0.237. The zero-order chi connectivity index (χ0) is 52.0. The molecule has 0 saturated heterocycles. The summed E-state index contributed by atoms with van der Waals surface area (Å²) in [7, 11) is 0. The zero-order valence-corrected chi connectivity index (χ0v) is 45.3. The van der Waals surface area contributed by atoms with Gasteiger partial charge >= 0.3 is 0 Å². The lowest BCUT2D eigenvalue weighted by Gasteiger charge is -2.18. The molecule has 384 valence electrons. The first kappa shape index (κ1) is 51.4. The number of hydrogen-bond acceptors (Lipinski definition) is 1. The molecule has 11 rings (SSSR count). The normalized spacial score (nSPS) is 11.5. The van der Waals surface area contributed by atoms with Gasteiger partial charge in [0.15, 0.2) is 0 Å². The maximum Gasteiger partial charge on any atom is 0.120 e. The highest BCUT2D eigenvalue weighted by atomic mass is 16.5. The molecule has 77 heavy (non-hydrogen) atoms. The third-order valence-electron chi connectivity index (χ3n) is 16.1. The van der Waals surface area contributed by atoms with Crippen molar-refractivity contribution >= 4 is 43.1 Å². The van der Waals surface area contributed by atoms with Crippen LogP contribution in [0.5, 0.6) is 5.75 Å². The SMILES string of the molecule is CCCCCCCCCCCCCCCCCCOc1cc(-c2cc(-c3cccc4ccccc34)cc(-c3cccc4ccccc34)c2)cc(-c2cc(-c3cccc4ccccc34)cc(-c3cccc4ccccc34)c2)c1. The maximum atomic E-state index is 6.94. The summed E-state index contributed by atoms with van der Waals surface area (Å²) in [6, 6.07) is 83.3. The number of ether oxygens (including phenoxy) is 1. The second-order valence-corrected chi connectivity index (χ2v) is 21.6. The van der Waals surface area contributed by atoms with Gasteiger partial charge in [-0.2, -0.15) is 0 Å². The van der Waals surface area contributed by atoms with Crippen molar-refractivity contribution in [2.45, 2.75) is 110 Å². The highest BCUT2D eigenvalue weighted by Gasteiger charge is 2.17. The van der Waals surface area contributed by atoms with Crippen LogP contribution >= 0.6 is 0 Å². The molecule has 0 aliphatic heterocycles. The lowest BCUT2D eigenvalue weighted by atomic mass is 9.88. The van der Waals surface area contributed by atoms with Crippen molar-refractivity contribution < 1.29 is 4.74 Å². The first-order valence-electron chi connectivity index (χ1n) is 29.2. The zero-order valence-electron chi connectivity index (χ0n) is 45.3. The van der Waals surface area contributed by atoms with E-state index < -0.39 is 0 Å². The van der Waals surface area contributed by atoms with Gasteiger partial charge in [-0.25, -0.2) is 0 Å². The van der Waals surface area contributed by atoms with Gasteiger partial charge in [0.05, 0.1) is 6.61 Å². The summed E-state index contributed by atoms with van der Waals surface area (Å²) in [6.07, 6.45) is 21.6. The Morgan fingerprint density at radius 1 is 0.234 bits per heavy atom. The fourth-order valence-electron chi connectivity index (χ4n) is 12.0. The molecule has 11 aromatic carbocycles. The number of fused-ring (bicyclic) bond motifs is 4. The number of unbranched alkanes of at least 4 members (excludes halogenated alkanes) is 15. The van der Waals surface area contributed by atoms with Gasteiger partial charge in [-0.15, -0.1) is 0 Å². The Kier molecular flexibility index (Phi) is 16.9. The molecule has 1 heteroatoms. The van der Waals surface area contributed by atoms with Crippen molar-refractivity contribution in [1.29, 1.82) is 0 Å². The minimum Gasteiger partial charge on any atom is -0.494 e. The molecule has 1 nitrogen and oxygen atoms in total. The van der Waals surface area contributed by atoms with Crippen LogP contribution in [-0.2, 0) is 0 Å². The van der Waals surface area contributed by atoms with Gasteiger partial charge in [0.25, 0.3) is 0 Å². The second-order valence-electron chi connectivity index (χ2n) is 21.6. The van der Waals surface area contributed by atoms with Gasteiger partial charge in [-0.05, 0) is 171 Å². The third-order valence-corrected chi connectivity index (χ3v) is 16.1. The van der Waals surface area contributed by atoms with Gasteiger partial charge in [0.2, 0.25) is 0 Å². The molecular formula is C76H74O. The lowest BCUT2D eigenvalue weighted by Crippen LogP contribution is -1.98. The molecule has 0 spiro atoms. The Bertz CT molecular complexity index is 3300. The van der Waals surface area contributed by atoms with E-state index in [0.717, 1.165) is 34.4 Å². The topological polar surface area (TPSA) is 9.23 Å². The molecular weight excluding hydrogens is 929 g/mol. The summed E-state index contributed by atoms with van der Waals surface area (Å²) in [4.78, 5) is 0. The Labute approximate surface area is 458 Å². The van der Waals surface area contributed by atoms with Gasteiger partial charge in [-0.3, -0.25) is 0 Å². The minimum absolute atomic E-state index is 0.690. The molecule has 0 amide bonds. The second kappa shape index (κ2) is 25.4. The van der Waals surface area contributed by atoms with Crippen molar-refractivity contribution in [2.24, 2.45) is 0 Å². The van der Waals surface area contributed by atoms with Gasteiger partial charge < -0.3 is 4.74 Å². The summed E-state index contributed by atoms with van der Waals surface area (Å²) >= 11 is 0. The number of benzene rings is 11. The van der Waals surface area contributed by atoms with Crippen LogP contribution < -0.4 is 4.74 Å². The summed E-state index contributed by atoms with van der Waals surface area (Å²) < 4.78 is 6.94. The van der Waals surface area contributed by atoms with Gasteiger partial charge in [0, 0.05) is 0 Å². The van der Waals surface area contributed by atoms with E-state index in [1.807, 2.05) is 0 Å². The first-order valence-corrected chi connectivity index (χ1v) is 29.2. The third kappa shape index (κ3) is 12.4. The molecule has 0 saturated carbocycles. The quantitative estimate of drug-likeness (QED) is 0.0548. The summed E-state index contributed by atoms with van der Waals surface area (Å²) in [5, 5.41) is 9.95. The predicted molar refractivity (Wildman–Crippen MR) is 334 cm³/mol. The van der Waals surface area contributed by atoms with Gasteiger partial charge in [0.1, 0.15) is 5.75 Å². The maximum absolute atomic E-state index is 6.94. The molecule has 0 aromatic heterocycles. The van der Waals surface area contributed by atoms with Crippen molar-refractivity contribution in [1.82, 2.24) is 0 Å². The van der Waals surface area contributed by atoms with Gasteiger partial charge in [-0.1, -0.05) is 273 Å². The van der Waals surface area contributed by atoms with Crippen LogP contribution in [0.25, 0.3) is 110 Å². The summed E-state index contributed by atoms with van der Waals surface area (Å²) in [5.41, 5.74) is 14.3. The standard InChI is InChI=1S/C76H74O/c1-2-3-4-5-6-7-8-9-10-11-12-13-14-15-16-25-46-77-68-54-62(60-48-64(73-42-26-34-56-30-17-21-38-69(56)73)52-65(49-60)74-43-27-35-57-31-18-22-39-70(57)74)47-63(55-68)61-50-66(75-44-28-36-58-32-19-23-40-71(58)75)53-67(51-61)76-45-29-37-59-33-20-24-41-72(59)76/h17-24,26-45,47-55H,2-16,25,46H2,1H3. The van der Waals surface area contributed by atoms with Crippen LogP contribution in [0.1, 0.15) is 110 Å². The van der Waals surface area contributed by atoms with Crippen LogP contribution in [-0.4, -0.2) is 6.61 Å². The average Bonchev–Trinajstić information content (AvgIpc) is 3.50. The van der Waals surface area contributed by atoms with Crippen LogP contribution in [0.4, 0.5) is 0 Å². The van der Waals surface area contributed by atoms with Crippen LogP contribution in [0.3, 0.4) is 0 Å². The highest BCUT2D eigenvalue weighted by Crippen LogP contribution is 2.43. The number of rotatable bonds is 24.